The standard InChI is InChI=1S/C27H22Cl4N4O5S/c1-2-37-23-10-17(9-21(31)26(23)39-13-16-3-5-18(28)6-4-16)12-32-33-24(36)15-41-27-35-34-25(40-27)14-38-22-8-7-19(29)11-20(22)30/h3-12H,2,13-15H2,1H3,(H,33,36)/b32-12-. The van der Waals surface area contributed by atoms with Crippen LogP contribution in [0.25, 0.3) is 0 Å². The Morgan fingerprint density at radius 1 is 0.927 bits per heavy atom. The van der Waals surface area contributed by atoms with Gasteiger partial charge in [0.1, 0.15) is 12.4 Å². The summed E-state index contributed by atoms with van der Waals surface area (Å²) >= 11 is 25.4. The van der Waals surface area contributed by atoms with Crippen LogP contribution in [0.15, 0.2) is 69.3 Å². The summed E-state index contributed by atoms with van der Waals surface area (Å²) in [6, 6.07) is 15.5. The van der Waals surface area contributed by atoms with E-state index in [4.69, 9.17) is 65.0 Å². The Kier molecular flexibility index (Phi) is 11.4. The van der Waals surface area contributed by atoms with Gasteiger partial charge in [-0.25, -0.2) is 5.43 Å². The first-order valence-corrected chi connectivity index (χ1v) is 14.5. The lowest BCUT2D eigenvalue weighted by molar-refractivity contribution is -0.118. The van der Waals surface area contributed by atoms with Crippen LogP contribution in [-0.2, 0) is 18.0 Å². The fourth-order valence-electron chi connectivity index (χ4n) is 3.23. The summed E-state index contributed by atoms with van der Waals surface area (Å²) in [6.45, 7) is 2.54. The lowest BCUT2D eigenvalue weighted by Gasteiger charge is -2.14. The van der Waals surface area contributed by atoms with E-state index in [1.807, 2.05) is 19.1 Å². The SMILES string of the molecule is CCOc1cc(/C=N\NC(=O)CSc2nnc(COc3ccc(Cl)cc3Cl)o2)cc(Cl)c1OCc1ccc(Cl)cc1. The van der Waals surface area contributed by atoms with Gasteiger partial charge in [-0.05, 0) is 60.5 Å². The third-order valence-corrected chi connectivity index (χ3v) is 6.93. The molecule has 4 aromatic rings. The highest BCUT2D eigenvalue weighted by atomic mass is 35.5. The van der Waals surface area contributed by atoms with E-state index in [-0.39, 0.29) is 36.0 Å². The Balaban J connectivity index is 1.27. The van der Waals surface area contributed by atoms with E-state index in [1.54, 1.807) is 42.5 Å². The highest BCUT2D eigenvalue weighted by molar-refractivity contribution is 7.99. The first-order valence-electron chi connectivity index (χ1n) is 12.0. The summed E-state index contributed by atoms with van der Waals surface area (Å²) in [4.78, 5) is 12.3. The predicted molar refractivity (Wildman–Crippen MR) is 160 cm³/mol. The fraction of sp³-hybridized carbons (Fsp3) is 0.185. The van der Waals surface area contributed by atoms with Crippen molar-refractivity contribution in [2.45, 2.75) is 25.4 Å². The molecule has 4 rings (SSSR count). The number of benzene rings is 3. The van der Waals surface area contributed by atoms with Crippen LogP contribution in [0, 0.1) is 0 Å². The monoisotopic (exact) mass is 654 g/mol. The molecule has 3 aromatic carbocycles. The summed E-state index contributed by atoms with van der Waals surface area (Å²) in [5, 5.41) is 13.8. The van der Waals surface area contributed by atoms with Crippen molar-refractivity contribution in [1.82, 2.24) is 15.6 Å². The van der Waals surface area contributed by atoms with E-state index >= 15 is 0 Å². The van der Waals surface area contributed by atoms with Crippen molar-refractivity contribution >= 4 is 70.3 Å². The lowest BCUT2D eigenvalue weighted by Crippen LogP contribution is -2.19. The van der Waals surface area contributed by atoms with Gasteiger partial charge in [0, 0.05) is 10.0 Å². The van der Waals surface area contributed by atoms with Gasteiger partial charge in [-0.1, -0.05) is 70.3 Å². The zero-order chi connectivity index (χ0) is 29.2. The number of hydrogen-bond acceptors (Lipinski definition) is 9. The minimum atomic E-state index is -0.380. The van der Waals surface area contributed by atoms with Crippen LogP contribution >= 0.6 is 58.2 Å². The quantitative estimate of drug-likeness (QED) is 0.0897. The molecule has 1 amide bonds. The average molecular weight is 656 g/mol. The molecule has 0 atom stereocenters. The molecule has 0 unspecified atom stereocenters. The normalized spacial score (nSPS) is 11.0. The van der Waals surface area contributed by atoms with E-state index in [0.717, 1.165) is 17.3 Å². The molecule has 1 heterocycles. The molecule has 0 spiro atoms. The Morgan fingerprint density at radius 2 is 1.71 bits per heavy atom. The number of nitrogens with zero attached hydrogens (tertiary/aromatic N) is 3. The highest BCUT2D eigenvalue weighted by Crippen LogP contribution is 2.37. The van der Waals surface area contributed by atoms with Gasteiger partial charge in [-0.3, -0.25) is 4.79 Å². The molecule has 1 N–H and O–H groups in total. The van der Waals surface area contributed by atoms with Crippen molar-refractivity contribution in [2.75, 3.05) is 12.4 Å². The molecular weight excluding hydrogens is 634 g/mol. The van der Waals surface area contributed by atoms with Gasteiger partial charge in [0.15, 0.2) is 18.1 Å². The van der Waals surface area contributed by atoms with Crippen molar-refractivity contribution in [3.8, 4) is 17.2 Å². The molecule has 1 aromatic heterocycles. The van der Waals surface area contributed by atoms with Crippen LogP contribution in [0.3, 0.4) is 0 Å². The zero-order valence-corrected chi connectivity index (χ0v) is 25.2. The number of carbonyl (C=O) groups excluding carboxylic acids is 1. The number of ether oxygens (including phenoxy) is 3. The summed E-state index contributed by atoms with van der Waals surface area (Å²) in [6.07, 6.45) is 1.45. The van der Waals surface area contributed by atoms with Crippen molar-refractivity contribution in [3.63, 3.8) is 0 Å². The molecule has 9 nitrogen and oxygen atoms in total. The van der Waals surface area contributed by atoms with Crippen LogP contribution in [0.1, 0.15) is 23.9 Å². The highest BCUT2D eigenvalue weighted by Gasteiger charge is 2.14. The van der Waals surface area contributed by atoms with Crippen molar-refractivity contribution < 1.29 is 23.4 Å². The van der Waals surface area contributed by atoms with E-state index in [2.05, 4.69) is 20.7 Å². The largest absolute Gasteiger partial charge is 0.490 e. The van der Waals surface area contributed by atoms with E-state index in [0.29, 0.717) is 49.5 Å². The second-order valence-electron chi connectivity index (χ2n) is 8.09. The topological polar surface area (TPSA) is 108 Å². The average Bonchev–Trinajstić information content (AvgIpc) is 3.40. The number of hydrogen-bond donors (Lipinski definition) is 1. The lowest BCUT2D eigenvalue weighted by atomic mass is 10.2. The summed E-state index contributed by atoms with van der Waals surface area (Å²) in [7, 11) is 0. The van der Waals surface area contributed by atoms with Gasteiger partial charge < -0.3 is 18.6 Å². The van der Waals surface area contributed by atoms with E-state index in [9.17, 15) is 4.79 Å². The number of hydrazone groups is 1. The third-order valence-electron chi connectivity index (χ3n) is 5.05. The molecule has 0 radical (unpaired) electrons. The summed E-state index contributed by atoms with van der Waals surface area (Å²) in [5.74, 6) is 1.11. The Morgan fingerprint density at radius 3 is 2.46 bits per heavy atom. The van der Waals surface area contributed by atoms with Crippen LogP contribution in [0.5, 0.6) is 17.2 Å². The Hall–Kier alpha value is -3.15. The van der Waals surface area contributed by atoms with E-state index < -0.39 is 0 Å². The summed E-state index contributed by atoms with van der Waals surface area (Å²) < 4.78 is 22.7. The molecule has 0 aliphatic carbocycles. The second kappa shape index (κ2) is 15.2. The molecular formula is C27H22Cl4N4O5S. The number of thioether (sulfide) groups is 1. The number of carbonyl (C=O) groups is 1. The maximum Gasteiger partial charge on any atom is 0.277 e. The zero-order valence-electron chi connectivity index (χ0n) is 21.4. The smallest absolute Gasteiger partial charge is 0.277 e. The van der Waals surface area contributed by atoms with E-state index in [1.165, 1.54) is 6.21 Å². The maximum absolute atomic E-state index is 12.3. The van der Waals surface area contributed by atoms with Crippen molar-refractivity contribution in [1.29, 1.82) is 0 Å². The Labute approximate surface area is 260 Å². The molecule has 0 fully saturated rings. The number of nitrogens with one attached hydrogen (secondary N) is 1. The molecule has 0 bridgehead atoms. The summed E-state index contributed by atoms with van der Waals surface area (Å²) in [5.41, 5.74) is 3.97. The first kappa shape index (κ1) is 30.8. The van der Waals surface area contributed by atoms with Gasteiger partial charge in [0.25, 0.3) is 17.0 Å². The van der Waals surface area contributed by atoms with Crippen LogP contribution < -0.4 is 19.6 Å². The maximum atomic E-state index is 12.3. The molecule has 0 aliphatic rings. The van der Waals surface area contributed by atoms with Crippen LogP contribution in [0.4, 0.5) is 0 Å². The van der Waals surface area contributed by atoms with Gasteiger partial charge in [0.05, 0.1) is 28.6 Å². The molecule has 41 heavy (non-hydrogen) atoms. The third kappa shape index (κ3) is 9.44. The van der Waals surface area contributed by atoms with Crippen LogP contribution in [0.2, 0.25) is 20.1 Å². The van der Waals surface area contributed by atoms with Crippen LogP contribution in [-0.4, -0.2) is 34.7 Å². The Bertz CT molecular complexity index is 1520. The van der Waals surface area contributed by atoms with Crippen molar-refractivity contribution in [2.24, 2.45) is 5.10 Å². The predicted octanol–water partition coefficient (Wildman–Crippen LogP) is 7.48. The number of amides is 1. The molecule has 0 saturated heterocycles. The van der Waals surface area contributed by atoms with Gasteiger partial charge >= 0.3 is 0 Å². The van der Waals surface area contributed by atoms with Gasteiger partial charge in [-0.2, -0.15) is 5.10 Å². The molecule has 14 heteroatoms. The minimum Gasteiger partial charge on any atom is -0.490 e. The number of rotatable bonds is 13. The molecule has 214 valence electrons. The molecule has 0 aliphatic heterocycles. The van der Waals surface area contributed by atoms with Gasteiger partial charge in [0.2, 0.25) is 0 Å². The second-order valence-corrected chi connectivity index (χ2v) is 10.7. The molecule has 0 saturated carbocycles. The number of halogens is 4. The van der Waals surface area contributed by atoms with Gasteiger partial charge in [-0.15, -0.1) is 10.2 Å². The first-order chi connectivity index (χ1) is 19.8. The number of aromatic nitrogens is 2. The minimum absolute atomic E-state index is 0.00263. The fourth-order valence-corrected chi connectivity index (χ4v) is 4.66. The van der Waals surface area contributed by atoms with Crippen molar-refractivity contribution in [3.05, 3.63) is 91.7 Å².